The number of nitrogens with zero attached hydrogens (tertiary/aromatic N) is 4. The molecule has 5 nitrogen and oxygen atoms in total. The van der Waals surface area contributed by atoms with Gasteiger partial charge in [0.25, 0.3) is 0 Å². The number of rotatable bonds is 2. The second kappa shape index (κ2) is 4.53. The summed E-state index contributed by atoms with van der Waals surface area (Å²) in [6.45, 7) is 2.01. The molecule has 0 fully saturated rings. The number of aryl methyl sites for hydroxylation is 1. The van der Waals surface area contributed by atoms with Gasteiger partial charge in [-0.05, 0) is 36.8 Å². The highest BCUT2D eigenvalue weighted by atomic mass is 15.3. The van der Waals surface area contributed by atoms with Gasteiger partial charge in [0.05, 0.1) is 11.9 Å². The zero-order valence-corrected chi connectivity index (χ0v) is 10.5. The minimum atomic E-state index is 0.608. The molecule has 3 aromatic heterocycles. The van der Waals surface area contributed by atoms with Crippen LogP contribution in [0.2, 0.25) is 0 Å². The van der Waals surface area contributed by atoms with E-state index in [1.54, 1.807) is 29.5 Å². The maximum Gasteiger partial charge on any atom is 0.153 e. The highest BCUT2D eigenvalue weighted by molar-refractivity contribution is 5.71. The molecule has 0 unspecified atom stereocenters. The molecule has 5 heteroatoms. The van der Waals surface area contributed by atoms with Gasteiger partial charge in [-0.1, -0.05) is 0 Å². The summed E-state index contributed by atoms with van der Waals surface area (Å²) in [7, 11) is 0. The summed E-state index contributed by atoms with van der Waals surface area (Å²) in [6.07, 6.45) is 6.99. The molecule has 94 valence electrons. The fraction of sp³-hybridized carbons (Fsp3) is 0.0714. The first-order chi connectivity index (χ1) is 9.24. The van der Waals surface area contributed by atoms with Gasteiger partial charge in [0.15, 0.2) is 5.82 Å². The third-order valence-electron chi connectivity index (χ3n) is 2.81. The average molecular weight is 251 g/mol. The van der Waals surface area contributed by atoms with Crippen LogP contribution < -0.4 is 5.73 Å². The van der Waals surface area contributed by atoms with Crippen LogP contribution in [0, 0.1) is 6.92 Å². The van der Waals surface area contributed by atoms with Crippen molar-refractivity contribution >= 4 is 5.69 Å². The van der Waals surface area contributed by atoms with Crippen LogP contribution >= 0.6 is 0 Å². The predicted octanol–water partition coefficient (Wildman–Crippen LogP) is 2.22. The first kappa shape index (κ1) is 11.4. The average Bonchev–Trinajstić information content (AvgIpc) is 2.82. The van der Waals surface area contributed by atoms with Gasteiger partial charge >= 0.3 is 0 Å². The smallest absolute Gasteiger partial charge is 0.153 e. The number of anilines is 1. The van der Waals surface area contributed by atoms with E-state index in [0.29, 0.717) is 5.69 Å². The van der Waals surface area contributed by atoms with Crippen LogP contribution in [-0.2, 0) is 0 Å². The molecule has 2 N–H and O–H groups in total. The molecule has 0 bridgehead atoms. The summed E-state index contributed by atoms with van der Waals surface area (Å²) in [6, 6.07) is 7.69. The molecular weight excluding hydrogens is 238 g/mol. The van der Waals surface area contributed by atoms with Crippen LogP contribution in [0.5, 0.6) is 0 Å². The van der Waals surface area contributed by atoms with Crippen LogP contribution in [0.3, 0.4) is 0 Å². The summed E-state index contributed by atoms with van der Waals surface area (Å²) in [5.74, 6) is 0.752. The molecule has 3 aromatic rings. The lowest BCUT2D eigenvalue weighted by Gasteiger charge is -2.00. The van der Waals surface area contributed by atoms with E-state index in [9.17, 15) is 0 Å². The Labute approximate surface area is 110 Å². The monoisotopic (exact) mass is 251 g/mol. The predicted molar refractivity (Wildman–Crippen MR) is 73.7 cm³/mol. The van der Waals surface area contributed by atoms with Crippen molar-refractivity contribution < 1.29 is 0 Å². The van der Waals surface area contributed by atoms with Gasteiger partial charge in [0.2, 0.25) is 0 Å². The molecule has 0 aliphatic rings. The Morgan fingerprint density at radius 2 is 2.11 bits per heavy atom. The summed E-state index contributed by atoms with van der Waals surface area (Å²) < 4.78 is 1.69. The molecule has 0 aliphatic carbocycles. The topological polar surface area (TPSA) is 69.6 Å². The largest absolute Gasteiger partial charge is 0.396 e. The highest BCUT2D eigenvalue weighted by Crippen LogP contribution is 2.24. The van der Waals surface area contributed by atoms with Gasteiger partial charge in [-0.25, -0.2) is 9.67 Å². The quantitative estimate of drug-likeness (QED) is 0.758. The van der Waals surface area contributed by atoms with Gasteiger partial charge in [-0.2, -0.15) is 5.10 Å². The van der Waals surface area contributed by atoms with Crippen molar-refractivity contribution in [1.29, 1.82) is 0 Å². The van der Waals surface area contributed by atoms with Crippen molar-refractivity contribution in [3.05, 3.63) is 54.6 Å². The molecular formula is C14H13N5. The van der Waals surface area contributed by atoms with Crippen molar-refractivity contribution in [2.75, 3.05) is 5.73 Å². The number of hydrogen-bond acceptors (Lipinski definition) is 4. The Hall–Kier alpha value is -2.69. The molecule has 3 rings (SSSR count). The lowest BCUT2D eigenvalue weighted by molar-refractivity contribution is 0.848. The van der Waals surface area contributed by atoms with E-state index in [1.165, 1.54) is 0 Å². The van der Waals surface area contributed by atoms with Crippen molar-refractivity contribution in [2.45, 2.75) is 6.92 Å². The van der Waals surface area contributed by atoms with E-state index in [2.05, 4.69) is 15.1 Å². The molecule has 0 radical (unpaired) electrons. The zero-order valence-electron chi connectivity index (χ0n) is 10.5. The Bertz CT molecular complexity index is 703. The normalized spacial score (nSPS) is 10.6. The first-order valence-electron chi connectivity index (χ1n) is 5.92. The maximum absolute atomic E-state index is 6.01. The molecule has 19 heavy (non-hydrogen) atoms. The molecule has 3 heterocycles. The summed E-state index contributed by atoms with van der Waals surface area (Å²) in [4.78, 5) is 8.37. The van der Waals surface area contributed by atoms with Crippen molar-refractivity contribution in [3.63, 3.8) is 0 Å². The summed E-state index contributed by atoms with van der Waals surface area (Å²) in [5, 5.41) is 4.48. The highest BCUT2D eigenvalue weighted by Gasteiger charge is 2.10. The molecule has 0 saturated carbocycles. The molecule has 0 spiro atoms. The van der Waals surface area contributed by atoms with Crippen LogP contribution in [-0.4, -0.2) is 19.7 Å². The third-order valence-corrected chi connectivity index (χ3v) is 2.81. The standard InChI is InChI=1S/C14H13N5/c1-10-4-6-17-13(7-10)19-9-12(15)14(18-19)11-3-2-5-16-8-11/h2-9H,15H2,1H3. The van der Waals surface area contributed by atoms with E-state index in [-0.39, 0.29) is 0 Å². The fourth-order valence-electron chi connectivity index (χ4n) is 1.88. The number of pyridine rings is 2. The van der Waals surface area contributed by atoms with Crippen molar-refractivity contribution in [2.24, 2.45) is 0 Å². The first-order valence-corrected chi connectivity index (χ1v) is 5.92. The molecule has 0 amide bonds. The van der Waals surface area contributed by atoms with Crippen LogP contribution in [0.25, 0.3) is 17.1 Å². The fourth-order valence-corrected chi connectivity index (χ4v) is 1.88. The lowest BCUT2D eigenvalue weighted by Crippen LogP contribution is -1.98. The van der Waals surface area contributed by atoms with Gasteiger partial charge in [0.1, 0.15) is 5.69 Å². The number of hydrogen-bond donors (Lipinski definition) is 1. The third kappa shape index (κ3) is 2.18. The van der Waals surface area contributed by atoms with Crippen molar-refractivity contribution in [3.8, 4) is 17.1 Å². The Balaban J connectivity index is 2.07. The molecule has 0 aliphatic heterocycles. The summed E-state index contributed by atoms with van der Waals surface area (Å²) >= 11 is 0. The van der Waals surface area contributed by atoms with E-state index >= 15 is 0 Å². The second-order valence-corrected chi connectivity index (χ2v) is 4.31. The lowest BCUT2D eigenvalue weighted by atomic mass is 10.2. The van der Waals surface area contributed by atoms with Crippen LogP contribution in [0.1, 0.15) is 5.56 Å². The Morgan fingerprint density at radius 1 is 1.21 bits per heavy atom. The van der Waals surface area contributed by atoms with Crippen LogP contribution in [0.4, 0.5) is 5.69 Å². The van der Waals surface area contributed by atoms with Crippen molar-refractivity contribution in [1.82, 2.24) is 19.7 Å². The second-order valence-electron chi connectivity index (χ2n) is 4.31. The molecule has 0 aromatic carbocycles. The van der Waals surface area contributed by atoms with E-state index < -0.39 is 0 Å². The van der Waals surface area contributed by atoms with E-state index in [4.69, 9.17) is 5.73 Å². The molecule has 0 saturated heterocycles. The van der Waals surface area contributed by atoms with E-state index in [1.807, 2.05) is 31.2 Å². The van der Waals surface area contributed by atoms with Gasteiger partial charge in [-0.15, -0.1) is 0 Å². The van der Waals surface area contributed by atoms with Crippen LogP contribution in [0.15, 0.2) is 49.1 Å². The SMILES string of the molecule is Cc1ccnc(-n2cc(N)c(-c3cccnc3)n2)c1. The van der Waals surface area contributed by atoms with E-state index in [0.717, 1.165) is 22.6 Å². The minimum Gasteiger partial charge on any atom is -0.396 e. The summed E-state index contributed by atoms with van der Waals surface area (Å²) in [5.41, 5.74) is 9.36. The Kier molecular flexibility index (Phi) is 2.72. The van der Waals surface area contributed by atoms with Gasteiger partial charge in [-0.3, -0.25) is 4.98 Å². The number of nitrogen functional groups attached to an aromatic ring is 1. The number of nitrogens with two attached hydrogens (primary N) is 1. The minimum absolute atomic E-state index is 0.608. The van der Waals surface area contributed by atoms with Gasteiger partial charge in [0, 0.05) is 24.2 Å². The number of aromatic nitrogens is 4. The zero-order chi connectivity index (χ0) is 13.2. The van der Waals surface area contributed by atoms with Gasteiger partial charge < -0.3 is 5.73 Å². The molecule has 0 atom stereocenters. The Morgan fingerprint density at radius 3 is 2.84 bits per heavy atom. The maximum atomic E-state index is 6.01.